The summed E-state index contributed by atoms with van der Waals surface area (Å²) in [5, 5.41) is 8.07. The molecular weight excluding hydrogens is 414 g/mol. The van der Waals surface area contributed by atoms with Gasteiger partial charge in [0, 0.05) is 6.61 Å². The van der Waals surface area contributed by atoms with Gasteiger partial charge < -0.3 is 24.5 Å². The number of phosphoric ester groups is 1. The number of hydrogen-bond acceptors (Lipinski definition) is 7. The first-order valence-corrected chi connectivity index (χ1v) is 12.6. The van der Waals surface area contributed by atoms with Crippen LogP contribution in [0.15, 0.2) is 0 Å². The Kier molecular flexibility index (Phi) is 27.4. The lowest BCUT2D eigenvalue weighted by Crippen LogP contribution is -2.03. The highest BCUT2D eigenvalue weighted by Gasteiger charge is 2.25. The summed E-state index contributed by atoms with van der Waals surface area (Å²) in [4.78, 5) is 21.6. The van der Waals surface area contributed by atoms with E-state index in [0.717, 1.165) is 38.5 Å². The molecule has 0 saturated heterocycles. The van der Waals surface area contributed by atoms with E-state index in [2.05, 4.69) is 20.8 Å². The fourth-order valence-electron chi connectivity index (χ4n) is 1.28. The Balaban J connectivity index is -0.000000464. The van der Waals surface area contributed by atoms with Crippen LogP contribution in [-0.4, -0.2) is 59.4 Å². The minimum absolute atomic E-state index is 0.133. The molecule has 0 aromatic carbocycles. The normalized spacial score (nSPS) is 11.3. The van der Waals surface area contributed by atoms with Crippen molar-refractivity contribution >= 4 is 15.6 Å². The summed E-state index contributed by atoms with van der Waals surface area (Å²) in [5.41, 5.74) is 0. The third kappa shape index (κ3) is 37.0. The third-order valence-corrected chi connectivity index (χ3v) is 4.18. The Hall–Kier alpha value is 0.140. The highest BCUT2D eigenvalue weighted by atomic mass is 31.2. The molecule has 0 fully saturated rings. The number of rotatable bonds is 15. The van der Waals surface area contributed by atoms with E-state index in [1.165, 1.54) is 0 Å². The second-order valence-electron chi connectivity index (χ2n) is 5.44. The molecule has 0 amide bonds. The molecule has 0 spiro atoms. The number of phosphoric acid groups is 2. The van der Waals surface area contributed by atoms with Crippen LogP contribution in [-0.2, 0) is 27.4 Å². The topological polar surface area (TPSA) is 152 Å². The lowest BCUT2D eigenvalue weighted by atomic mass is 10.4. The van der Waals surface area contributed by atoms with Crippen molar-refractivity contribution in [1.82, 2.24) is 0 Å². The molecule has 10 nitrogen and oxygen atoms in total. The van der Waals surface area contributed by atoms with Gasteiger partial charge in [0.1, 0.15) is 0 Å². The van der Waals surface area contributed by atoms with Crippen LogP contribution in [0.1, 0.15) is 66.2 Å². The van der Waals surface area contributed by atoms with Crippen molar-refractivity contribution in [3.63, 3.8) is 0 Å². The zero-order chi connectivity index (χ0) is 22.3. The van der Waals surface area contributed by atoms with Gasteiger partial charge in [-0.1, -0.05) is 40.0 Å². The lowest BCUT2D eigenvalue weighted by Gasteiger charge is -2.17. The molecule has 0 aromatic heterocycles. The summed E-state index contributed by atoms with van der Waals surface area (Å²) in [7, 11) is -7.95. The molecule has 0 bridgehead atoms. The van der Waals surface area contributed by atoms with Crippen LogP contribution < -0.4 is 0 Å². The van der Waals surface area contributed by atoms with Crippen molar-refractivity contribution in [2.24, 2.45) is 0 Å². The van der Waals surface area contributed by atoms with Gasteiger partial charge in [0.2, 0.25) is 0 Å². The maximum absolute atomic E-state index is 12.2. The van der Waals surface area contributed by atoms with E-state index >= 15 is 0 Å². The van der Waals surface area contributed by atoms with Gasteiger partial charge >= 0.3 is 15.6 Å². The second-order valence-corrected chi connectivity index (χ2v) is 8.14. The van der Waals surface area contributed by atoms with Gasteiger partial charge in [-0.25, -0.2) is 9.13 Å². The Labute approximate surface area is 169 Å². The fraction of sp³-hybridized carbons (Fsp3) is 1.00. The molecule has 174 valence electrons. The van der Waals surface area contributed by atoms with Crippen LogP contribution in [0.4, 0.5) is 0 Å². The van der Waals surface area contributed by atoms with Gasteiger partial charge in [0.25, 0.3) is 0 Å². The predicted molar refractivity (Wildman–Crippen MR) is 108 cm³/mol. The molecular formula is C16H40O10P2. The van der Waals surface area contributed by atoms with E-state index in [1.807, 2.05) is 6.92 Å². The van der Waals surface area contributed by atoms with Crippen molar-refractivity contribution in [2.45, 2.75) is 66.2 Å². The lowest BCUT2D eigenvalue weighted by molar-refractivity contribution is 0.102. The van der Waals surface area contributed by atoms with E-state index in [1.54, 1.807) is 0 Å². The summed E-state index contributed by atoms with van der Waals surface area (Å²) in [5.74, 6) is 0. The highest BCUT2D eigenvalue weighted by Crippen LogP contribution is 2.49. The smallest absolute Gasteiger partial charge is 0.394 e. The van der Waals surface area contributed by atoms with Crippen molar-refractivity contribution in [3.05, 3.63) is 0 Å². The third-order valence-electron chi connectivity index (χ3n) is 2.68. The SMILES string of the molecule is CCCCOP(=O)(OCCCC)OCCCC.CCOCCO.O=P(O)(O)O. The zero-order valence-corrected chi connectivity index (χ0v) is 19.4. The van der Waals surface area contributed by atoms with E-state index in [-0.39, 0.29) is 6.61 Å². The van der Waals surface area contributed by atoms with Crippen LogP contribution in [0.2, 0.25) is 0 Å². The fourth-order valence-corrected chi connectivity index (χ4v) is 2.56. The van der Waals surface area contributed by atoms with Gasteiger partial charge in [-0.15, -0.1) is 0 Å². The zero-order valence-electron chi connectivity index (χ0n) is 17.6. The van der Waals surface area contributed by atoms with Gasteiger partial charge in [-0.3, -0.25) is 13.6 Å². The number of hydrogen-bond donors (Lipinski definition) is 4. The summed E-state index contributed by atoms with van der Waals surface area (Å²) in [6.07, 6.45) is 5.63. The van der Waals surface area contributed by atoms with Crippen molar-refractivity contribution in [3.8, 4) is 0 Å². The average Bonchev–Trinajstić information content (AvgIpc) is 2.60. The predicted octanol–water partition coefficient (Wildman–Crippen LogP) is 3.63. The van der Waals surface area contributed by atoms with E-state index < -0.39 is 15.6 Å². The van der Waals surface area contributed by atoms with Crippen LogP contribution in [0.3, 0.4) is 0 Å². The Morgan fingerprint density at radius 3 is 1.18 bits per heavy atom. The van der Waals surface area contributed by atoms with Crippen LogP contribution in [0, 0.1) is 0 Å². The van der Waals surface area contributed by atoms with E-state index in [4.69, 9.17) is 42.7 Å². The molecule has 12 heteroatoms. The molecule has 0 rings (SSSR count). The minimum atomic E-state index is -4.64. The Morgan fingerprint density at radius 1 is 0.679 bits per heavy atom. The van der Waals surface area contributed by atoms with Gasteiger partial charge in [0.05, 0.1) is 33.0 Å². The molecule has 4 N–H and O–H groups in total. The van der Waals surface area contributed by atoms with Crippen molar-refractivity contribution < 1.29 is 47.2 Å². The first kappa shape index (κ1) is 32.8. The summed E-state index contributed by atoms with van der Waals surface area (Å²) >= 11 is 0. The molecule has 0 unspecified atom stereocenters. The number of unbranched alkanes of at least 4 members (excludes halogenated alkanes) is 3. The van der Waals surface area contributed by atoms with Gasteiger partial charge in [-0.05, 0) is 26.2 Å². The molecule has 0 aliphatic rings. The highest BCUT2D eigenvalue weighted by molar-refractivity contribution is 7.48. The van der Waals surface area contributed by atoms with Crippen LogP contribution >= 0.6 is 15.6 Å². The quantitative estimate of drug-likeness (QED) is 0.213. The molecule has 28 heavy (non-hydrogen) atoms. The van der Waals surface area contributed by atoms with E-state index in [0.29, 0.717) is 33.0 Å². The van der Waals surface area contributed by atoms with Crippen molar-refractivity contribution in [2.75, 3.05) is 39.6 Å². The van der Waals surface area contributed by atoms with Gasteiger partial charge in [-0.2, -0.15) is 0 Å². The summed E-state index contributed by atoms with van der Waals surface area (Å²) in [6, 6.07) is 0. The molecule has 0 atom stereocenters. The average molecular weight is 454 g/mol. The molecule has 0 saturated carbocycles. The van der Waals surface area contributed by atoms with Gasteiger partial charge in [0.15, 0.2) is 0 Å². The summed E-state index contributed by atoms with van der Waals surface area (Å²) in [6.45, 7) is 10.7. The molecule has 0 aliphatic heterocycles. The van der Waals surface area contributed by atoms with Crippen LogP contribution in [0.25, 0.3) is 0 Å². The Morgan fingerprint density at radius 2 is 1.00 bits per heavy atom. The number of ether oxygens (including phenoxy) is 1. The molecule has 0 radical (unpaired) electrons. The molecule has 0 aliphatic carbocycles. The van der Waals surface area contributed by atoms with E-state index in [9.17, 15) is 4.57 Å². The largest absolute Gasteiger partial charge is 0.474 e. The number of aliphatic hydroxyl groups excluding tert-OH is 1. The Bertz CT molecular complexity index is 344. The van der Waals surface area contributed by atoms with Crippen molar-refractivity contribution in [1.29, 1.82) is 0 Å². The second kappa shape index (κ2) is 23.4. The summed E-state index contributed by atoms with van der Waals surface area (Å²) < 4.78 is 41.6. The standard InChI is InChI=1S/C12H27O4P.C4H10O2.H3O4P/c1-4-7-10-14-17(13,15-11-8-5-2)16-12-9-6-3;1-2-6-4-3-5;1-5(2,3)4/h4-12H2,1-3H3;5H,2-4H2,1H3;(H3,1,2,3,4). The monoisotopic (exact) mass is 454 g/mol. The maximum Gasteiger partial charge on any atom is 0.474 e. The first-order chi connectivity index (χ1) is 13.1. The van der Waals surface area contributed by atoms with Crippen LogP contribution in [0.5, 0.6) is 0 Å². The first-order valence-electron chi connectivity index (χ1n) is 9.60. The molecule has 0 heterocycles. The minimum Gasteiger partial charge on any atom is -0.394 e. The maximum atomic E-state index is 12.2. The number of aliphatic hydroxyl groups is 1. The molecule has 0 aromatic rings.